The van der Waals surface area contributed by atoms with Crippen LogP contribution in [0.5, 0.6) is 0 Å². The highest BCUT2D eigenvalue weighted by Gasteiger charge is 2.33. The van der Waals surface area contributed by atoms with Gasteiger partial charge in [-0.3, -0.25) is 4.79 Å². The third-order valence-corrected chi connectivity index (χ3v) is 4.66. The largest absolute Gasteiger partial charge is 0.416 e. The molecule has 1 aliphatic heterocycles. The van der Waals surface area contributed by atoms with Gasteiger partial charge < -0.3 is 10.0 Å². The minimum atomic E-state index is -4.35. The number of aliphatic hydroxyl groups excluding tert-OH is 1. The molecule has 0 aliphatic carbocycles. The average molecular weight is 382 g/mol. The van der Waals surface area contributed by atoms with Crippen LogP contribution in [0, 0.1) is 0 Å². The van der Waals surface area contributed by atoms with Gasteiger partial charge in [0.15, 0.2) is 0 Å². The maximum atomic E-state index is 12.7. The zero-order chi connectivity index (χ0) is 19.6. The number of hydrogen-bond acceptors (Lipinski definition) is 4. The van der Waals surface area contributed by atoms with E-state index in [0.29, 0.717) is 43.6 Å². The quantitative estimate of drug-likeness (QED) is 0.834. The Bertz CT molecular complexity index is 798. The molecule has 1 aliphatic rings. The number of nitrogens with zero attached hydrogens (tertiary/aromatic N) is 4. The van der Waals surface area contributed by atoms with E-state index < -0.39 is 17.8 Å². The van der Waals surface area contributed by atoms with Gasteiger partial charge >= 0.3 is 6.18 Å². The van der Waals surface area contributed by atoms with Gasteiger partial charge in [-0.15, -0.1) is 5.10 Å². The average Bonchev–Trinajstić information content (AvgIpc) is 3.03. The molecule has 3 rings (SSSR count). The maximum absolute atomic E-state index is 12.7. The summed E-state index contributed by atoms with van der Waals surface area (Å²) in [7, 11) is 0. The Morgan fingerprint density at radius 2 is 2.11 bits per heavy atom. The van der Waals surface area contributed by atoms with Crippen LogP contribution in [0.4, 0.5) is 13.2 Å². The number of carbonyl (C=O) groups excluding carboxylic acids is 1. The van der Waals surface area contributed by atoms with Crippen molar-refractivity contribution in [1.29, 1.82) is 0 Å². The Kier molecular flexibility index (Phi) is 5.50. The van der Waals surface area contributed by atoms with Crippen LogP contribution < -0.4 is 0 Å². The number of aliphatic hydroxyl groups is 1. The van der Waals surface area contributed by atoms with Crippen LogP contribution in [-0.2, 0) is 17.4 Å². The third kappa shape index (κ3) is 4.65. The van der Waals surface area contributed by atoms with Gasteiger partial charge in [0.05, 0.1) is 23.9 Å². The second-order valence-corrected chi connectivity index (χ2v) is 6.80. The normalized spacial score (nSPS) is 16.3. The van der Waals surface area contributed by atoms with Crippen LogP contribution in [0.15, 0.2) is 30.5 Å². The standard InChI is InChI=1S/C18H21F3N4O2/c1-12(26)16-11-25(23-22-16)15-9-24(10-15)17(27)7-3-5-13-4-2-6-14(8-13)18(19,20)21/h2,4,6,8,11-12,15,26H,3,5,7,9-10H2,1H3. The van der Waals surface area contributed by atoms with Crippen molar-refractivity contribution in [1.82, 2.24) is 19.9 Å². The van der Waals surface area contributed by atoms with Gasteiger partial charge in [0.2, 0.25) is 5.91 Å². The van der Waals surface area contributed by atoms with Gasteiger partial charge in [-0.2, -0.15) is 13.2 Å². The Labute approximate surface area is 154 Å². The SMILES string of the molecule is CC(O)c1cn(C2CN(C(=O)CCCc3cccc(C(F)(F)F)c3)C2)nn1. The van der Waals surface area contributed by atoms with E-state index in [1.807, 2.05) is 0 Å². The monoisotopic (exact) mass is 382 g/mol. The number of aryl methyl sites for hydroxylation is 1. The number of halogens is 3. The van der Waals surface area contributed by atoms with Crippen LogP contribution >= 0.6 is 0 Å². The van der Waals surface area contributed by atoms with Crippen molar-refractivity contribution in [2.24, 2.45) is 0 Å². The second-order valence-electron chi connectivity index (χ2n) is 6.80. The Morgan fingerprint density at radius 1 is 1.37 bits per heavy atom. The van der Waals surface area contributed by atoms with Crippen molar-refractivity contribution < 1.29 is 23.1 Å². The van der Waals surface area contributed by atoms with Gasteiger partial charge in [0.25, 0.3) is 0 Å². The van der Waals surface area contributed by atoms with Gasteiger partial charge in [0, 0.05) is 19.5 Å². The fourth-order valence-electron chi connectivity index (χ4n) is 2.99. The van der Waals surface area contributed by atoms with Gasteiger partial charge in [-0.05, 0) is 31.4 Å². The summed E-state index contributed by atoms with van der Waals surface area (Å²) in [4.78, 5) is 13.9. The first-order valence-electron chi connectivity index (χ1n) is 8.78. The summed E-state index contributed by atoms with van der Waals surface area (Å²) in [6.07, 6.45) is -2.16. The van der Waals surface area contributed by atoms with Crippen molar-refractivity contribution in [2.75, 3.05) is 13.1 Å². The summed E-state index contributed by atoms with van der Waals surface area (Å²) in [6.45, 7) is 2.64. The van der Waals surface area contributed by atoms with E-state index in [1.165, 1.54) is 6.07 Å². The van der Waals surface area contributed by atoms with E-state index in [0.717, 1.165) is 12.1 Å². The van der Waals surface area contributed by atoms with E-state index in [1.54, 1.807) is 28.8 Å². The lowest BCUT2D eigenvalue weighted by atomic mass is 10.0. The Hall–Kier alpha value is -2.42. The summed E-state index contributed by atoms with van der Waals surface area (Å²) in [5, 5.41) is 17.3. The van der Waals surface area contributed by atoms with Crippen LogP contribution in [-0.4, -0.2) is 44.0 Å². The second kappa shape index (κ2) is 7.67. The smallest absolute Gasteiger partial charge is 0.387 e. The van der Waals surface area contributed by atoms with Crippen LogP contribution in [0.1, 0.15) is 48.7 Å². The van der Waals surface area contributed by atoms with Crippen molar-refractivity contribution in [3.63, 3.8) is 0 Å². The molecular formula is C18H21F3N4O2. The summed E-state index contributed by atoms with van der Waals surface area (Å²) in [6, 6.07) is 5.25. The van der Waals surface area contributed by atoms with Crippen molar-refractivity contribution in [2.45, 2.75) is 44.5 Å². The van der Waals surface area contributed by atoms with Crippen LogP contribution in [0.3, 0.4) is 0 Å². The number of benzene rings is 1. The van der Waals surface area contributed by atoms with Gasteiger partial charge in [-0.1, -0.05) is 23.4 Å². The molecule has 1 aromatic carbocycles. The lowest BCUT2D eigenvalue weighted by Gasteiger charge is -2.39. The van der Waals surface area contributed by atoms with E-state index in [-0.39, 0.29) is 11.9 Å². The van der Waals surface area contributed by atoms with E-state index >= 15 is 0 Å². The summed E-state index contributed by atoms with van der Waals surface area (Å²) in [5.41, 5.74) is 0.398. The van der Waals surface area contributed by atoms with Gasteiger partial charge in [-0.25, -0.2) is 4.68 Å². The molecule has 1 fully saturated rings. The minimum Gasteiger partial charge on any atom is -0.387 e. The molecule has 6 nitrogen and oxygen atoms in total. The molecule has 1 amide bonds. The molecule has 0 spiro atoms. The summed E-state index contributed by atoms with van der Waals surface area (Å²) >= 11 is 0. The summed E-state index contributed by atoms with van der Waals surface area (Å²) in [5.74, 6) is -0.0194. The number of aromatic nitrogens is 3. The molecule has 2 aromatic rings. The topological polar surface area (TPSA) is 71.2 Å². The van der Waals surface area contributed by atoms with Crippen molar-refractivity contribution >= 4 is 5.91 Å². The maximum Gasteiger partial charge on any atom is 0.416 e. The van der Waals surface area contributed by atoms with Crippen molar-refractivity contribution in [3.8, 4) is 0 Å². The van der Waals surface area contributed by atoms with Crippen LogP contribution in [0.25, 0.3) is 0 Å². The van der Waals surface area contributed by atoms with E-state index in [4.69, 9.17) is 0 Å². The number of rotatable bonds is 6. The molecule has 2 heterocycles. The molecule has 0 saturated carbocycles. The lowest BCUT2D eigenvalue weighted by Crippen LogP contribution is -2.50. The third-order valence-electron chi connectivity index (χ3n) is 4.66. The Balaban J connectivity index is 1.43. The van der Waals surface area contributed by atoms with E-state index in [2.05, 4.69) is 10.3 Å². The minimum absolute atomic E-state index is 0.0194. The molecule has 1 aromatic heterocycles. The number of carbonyl (C=O) groups is 1. The molecule has 0 radical (unpaired) electrons. The molecular weight excluding hydrogens is 361 g/mol. The first-order chi connectivity index (χ1) is 12.7. The zero-order valence-corrected chi connectivity index (χ0v) is 14.9. The first-order valence-corrected chi connectivity index (χ1v) is 8.78. The predicted octanol–water partition coefficient (Wildman–Crippen LogP) is 2.76. The molecule has 146 valence electrons. The molecule has 9 heteroatoms. The molecule has 1 unspecified atom stereocenters. The number of likely N-dealkylation sites (tertiary alicyclic amines) is 1. The van der Waals surface area contributed by atoms with Gasteiger partial charge in [0.1, 0.15) is 5.69 Å². The Morgan fingerprint density at radius 3 is 2.74 bits per heavy atom. The molecule has 1 saturated heterocycles. The zero-order valence-electron chi connectivity index (χ0n) is 14.9. The van der Waals surface area contributed by atoms with E-state index in [9.17, 15) is 23.1 Å². The molecule has 1 atom stereocenters. The fraction of sp³-hybridized carbons (Fsp3) is 0.500. The fourth-order valence-corrected chi connectivity index (χ4v) is 2.99. The number of alkyl halides is 3. The highest BCUT2D eigenvalue weighted by atomic mass is 19.4. The number of amides is 1. The van der Waals surface area contributed by atoms with Crippen LogP contribution in [0.2, 0.25) is 0 Å². The highest BCUT2D eigenvalue weighted by Crippen LogP contribution is 2.30. The molecule has 1 N–H and O–H groups in total. The lowest BCUT2D eigenvalue weighted by molar-refractivity contribution is -0.138. The summed E-state index contributed by atoms with van der Waals surface area (Å²) < 4.78 is 39.8. The number of hydrogen-bond donors (Lipinski definition) is 1. The highest BCUT2D eigenvalue weighted by molar-refractivity contribution is 5.77. The first kappa shape index (κ1) is 19.3. The molecule has 27 heavy (non-hydrogen) atoms. The van der Waals surface area contributed by atoms with Crippen molar-refractivity contribution in [3.05, 3.63) is 47.3 Å². The predicted molar refractivity (Wildman–Crippen MR) is 90.7 cm³/mol. The molecule has 0 bridgehead atoms.